The van der Waals surface area contributed by atoms with E-state index in [1.54, 1.807) is 30.4 Å². The van der Waals surface area contributed by atoms with E-state index in [0.29, 0.717) is 0 Å². The van der Waals surface area contributed by atoms with Crippen molar-refractivity contribution < 1.29 is 24.6 Å². The molecule has 1 rings (SSSR count). The highest BCUT2D eigenvalue weighted by Crippen LogP contribution is 2.19. The van der Waals surface area contributed by atoms with Gasteiger partial charge in [0.25, 0.3) is 0 Å². The second-order valence-electron chi connectivity index (χ2n) is 8.16. The quantitative estimate of drug-likeness (QED) is 0.130. The molecular weight excluding hydrogens is 418 g/mol. The molecule has 1 aliphatic rings. The number of hydrogen-bond donors (Lipinski definition) is 3. The zero-order valence-electron chi connectivity index (χ0n) is 19.8. The number of rotatable bonds is 13. The molecule has 0 aromatic carbocycles. The SMILES string of the molecule is CC=CC(O)C(C)C(O)C(C)C=CCC/C=C/C=C/C=CC=CC(=O)NC1C(=O)CCC1=O. The van der Waals surface area contributed by atoms with Crippen molar-refractivity contribution in [1.29, 1.82) is 0 Å². The summed E-state index contributed by atoms with van der Waals surface area (Å²) >= 11 is 0. The third kappa shape index (κ3) is 11.0. The van der Waals surface area contributed by atoms with Gasteiger partial charge in [-0.2, -0.15) is 0 Å². The molecule has 1 saturated carbocycles. The molecule has 0 bridgehead atoms. The molecule has 33 heavy (non-hydrogen) atoms. The Labute approximate surface area is 197 Å². The summed E-state index contributed by atoms with van der Waals surface area (Å²) in [4.78, 5) is 34.7. The van der Waals surface area contributed by atoms with Crippen LogP contribution in [-0.2, 0) is 14.4 Å². The van der Waals surface area contributed by atoms with Crippen molar-refractivity contribution >= 4 is 17.5 Å². The van der Waals surface area contributed by atoms with E-state index in [9.17, 15) is 24.6 Å². The third-order valence-electron chi connectivity index (χ3n) is 5.43. The van der Waals surface area contributed by atoms with Gasteiger partial charge in [-0.3, -0.25) is 14.4 Å². The maximum Gasteiger partial charge on any atom is 0.244 e. The Morgan fingerprint density at radius 3 is 2.15 bits per heavy atom. The van der Waals surface area contributed by atoms with E-state index in [-0.39, 0.29) is 36.2 Å². The molecule has 6 heteroatoms. The lowest BCUT2D eigenvalue weighted by Gasteiger charge is -2.25. The molecule has 0 saturated heterocycles. The van der Waals surface area contributed by atoms with Gasteiger partial charge in [0.1, 0.15) is 6.04 Å². The van der Waals surface area contributed by atoms with Crippen LogP contribution in [0.2, 0.25) is 0 Å². The summed E-state index contributed by atoms with van der Waals surface area (Å²) in [5, 5.41) is 22.7. The van der Waals surface area contributed by atoms with E-state index in [1.165, 1.54) is 6.08 Å². The number of aliphatic hydroxyl groups is 2. The van der Waals surface area contributed by atoms with Crippen LogP contribution >= 0.6 is 0 Å². The molecule has 0 spiro atoms. The number of unbranched alkanes of at least 4 members (excludes halogenated alkanes) is 1. The van der Waals surface area contributed by atoms with E-state index < -0.39 is 24.2 Å². The van der Waals surface area contributed by atoms with Gasteiger partial charge in [0.2, 0.25) is 5.91 Å². The van der Waals surface area contributed by atoms with Gasteiger partial charge in [0.15, 0.2) is 11.6 Å². The van der Waals surface area contributed by atoms with Crippen molar-refractivity contribution in [3.05, 3.63) is 72.9 Å². The zero-order chi connectivity index (χ0) is 24.6. The fraction of sp³-hybridized carbons (Fsp3) is 0.444. The van der Waals surface area contributed by atoms with Crippen LogP contribution < -0.4 is 5.32 Å². The second kappa shape index (κ2) is 15.9. The van der Waals surface area contributed by atoms with Crippen LogP contribution in [0.4, 0.5) is 0 Å². The van der Waals surface area contributed by atoms with Gasteiger partial charge in [-0.15, -0.1) is 0 Å². The molecule has 4 unspecified atom stereocenters. The Kier molecular flexibility index (Phi) is 13.6. The highest BCUT2D eigenvalue weighted by molar-refractivity contribution is 6.14. The van der Waals surface area contributed by atoms with Crippen molar-refractivity contribution in [3.8, 4) is 0 Å². The molecule has 1 fully saturated rings. The summed E-state index contributed by atoms with van der Waals surface area (Å²) < 4.78 is 0. The molecule has 0 heterocycles. The van der Waals surface area contributed by atoms with Gasteiger partial charge in [0.05, 0.1) is 12.2 Å². The minimum Gasteiger partial charge on any atom is -0.392 e. The first-order valence-corrected chi connectivity index (χ1v) is 11.5. The number of ketones is 2. The van der Waals surface area contributed by atoms with Crippen molar-refractivity contribution in [2.45, 2.75) is 64.7 Å². The average Bonchev–Trinajstić information content (AvgIpc) is 3.10. The molecule has 0 aromatic heterocycles. The van der Waals surface area contributed by atoms with E-state index in [0.717, 1.165) is 12.8 Å². The van der Waals surface area contributed by atoms with Crippen LogP contribution in [0.3, 0.4) is 0 Å². The Balaban J connectivity index is 2.25. The number of Topliss-reactive ketones (excluding diaryl/α,β-unsaturated/α-hetero) is 2. The van der Waals surface area contributed by atoms with Crippen molar-refractivity contribution in [3.63, 3.8) is 0 Å². The van der Waals surface area contributed by atoms with Crippen LogP contribution in [0.25, 0.3) is 0 Å². The standard InChI is InChI=1S/C27H37NO5/c1-4-15-22(29)21(3)27(33)20(2)16-13-11-9-7-5-6-8-10-12-14-17-25(32)28-26-23(30)18-19-24(26)31/h4-8,10,12-17,20-22,26-27,29,33H,9,11,18-19H2,1-3H3,(H,28,32)/b7-5+,8-6+,12-10?,15-4?,16-13?,17-14?. The van der Waals surface area contributed by atoms with Gasteiger partial charge >= 0.3 is 0 Å². The van der Waals surface area contributed by atoms with Gasteiger partial charge < -0.3 is 15.5 Å². The smallest absolute Gasteiger partial charge is 0.244 e. The lowest BCUT2D eigenvalue weighted by atomic mass is 9.89. The Bertz CT molecular complexity index is 802. The number of hydrogen-bond acceptors (Lipinski definition) is 5. The largest absolute Gasteiger partial charge is 0.392 e. The lowest BCUT2D eigenvalue weighted by Crippen LogP contribution is -2.41. The predicted molar refractivity (Wildman–Crippen MR) is 131 cm³/mol. The number of amides is 1. The molecule has 0 radical (unpaired) electrons. The van der Waals surface area contributed by atoms with Crippen molar-refractivity contribution in [1.82, 2.24) is 5.32 Å². The fourth-order valence-electron chi connectivity index (χ4n) is 3.31. The third-order valence-corrected chi connectivity index (χ3v) is 5.43. The first kappa shape index (κ1) is 28.2. The molecule has 3 N–H and O–H groups in total. The first-order chi connectivity index (χ1) is 15.8. The molecule has 4 atom stereocenters. The predicted octanol–water partition coefficient (Wildman–Crippen LogP) is 3.53. The fourth-order valence-corrected chi connectivity index (χ4v) is 3.31. The van der Waals surface area contributed by atoms with Gasteiger partial charge in [-0.1, -0.05) is 80.7 Å². The molecular formula is C27H37NO5. The van der Waals surface area contributed by atoms with Crippen LogP contribution in [0.5, 0.6) is 0 Å². The molecule has 0 aromatic rings. The average molecular weight is 456 g/mol. The summed E-state index contributed by atoms with van der Waals surface area (Å²) in [7, 11) is 0. The second-order valence-corrected chi connectivity index (χ2v) is 8.16. The molecule has 1 aliphatic carbocycles. The van der Waals surface area contributed by atoms with Gasteiger partial charge in [-0.25, -0.2) is 0 Å². The van der Waals surface area contributed by atoms with E-state index in [2.05, 4.69) is 5.32 Å². The van der Waals surface area contributed by atoms with E-state index in [4.69, 9.17) is 0 Å². The minimum atomic E-state index is -0.987. The maximum atomic E-state index is 11.7. The minimum absolute atomic E-state index is 0.0387. The monoisotopic (exact) mass is 455 g/mol. The zero-order valence-corrected chi connectivity index (χ0v) is 19.8. The Hall–Kier alpha value is -2.83. The molecule has 180 valence electrons. The number of aliphatic hydroxyl groups excluding tert-OH is 2. The summed E-state index contributed by atoms with van der Waals surface area (Å²) in [6.45, 7) is 5.63. The molecule has 0 aliphatic heterocycles. The lowest BCUT2D eigenvalue weighted by molar-refractivity contribution is -0.129. The summed E-state index contributed by atoms with van der Waals surface area (Å²) in [6.07, 6.45) is 22.3. The normalized spacial score (nSPS) is 19.8. The Morgan fingerprint density at radius 2 is 1.52 bits per heavy atom. The summed E-state index contributed by atoms with van der Waals surface area (Å²) in [5.74, 6) is -1.20. The summed E-state index contributed by atoms with van der Waals surface area (Å²) in [6, 6.07) is -0.987. The van der Waals surface area contributed by atoms with Crippen molar-refractivity contribution in [2.75, 3.05) is 0 Å². The van der Waals surface area contributed by atoms with Gasteiger partial charge in [-0.05, 0) is 19.8 Å². The Morgan fingerprint density at radius 1 is 0.939 bits per heavy atom. The summed E-state index contributed by atoms with van der Waals surface area (Å²) in [5.41, 5.74) is 0. The van der Waals surface area contributed by atoms with Crippen LogP contribution in [0, 0.1) is 11.8 Å². The first-order valence-electron chi connectivity index (χ1n) is 11.5. The van der Waals surface area contributed by atoms with E-state index in [1.807, 2.05) is 57.2 Å². The topological polar surface area (TPSA) is 104 Å². The molecule has 1 amide bonds. The molecule has 6 nitrogen and oxygen atoms in total. The van der Waals surface area contributed by atoms with E-state index >= 15 is 0 Å². The van der Waals surface area contributed by atoms with Crippen LogP contribution in [0.15, 0.2) is 72.9 Å². The van der Waals surface area contributed by atoms with Crippen LogP contribution in [-0.4, -0.2) is 45.9 Å². The number of carbonyl (C=O) groups excluding carboxylic acids is 3. The number of nitrogens with one attached hydrogen (secondary N) is 1. The highest BCUT2D eigenvalue weighted by Gasteiger charge is 2.33. The number of allylic oxidation sites excluding steroid dienone is 9. The maximum absolute atomic E-state index is 11.7. The highest BCUT2D eigenvalue weighted by atomic mass is 16.3. The van der Waals surface area contributed by atoms with Crippen LogP contribution in [0.1, 0.15) is 46.5 Å². The number of carbonyl (C=O) groups is 3. The van der Waals surface area contributed by atoms with Gasteiger partial charge in [0, 0.05) is 30.8 Å². The van der Waals surface area contributed by atoms with Crippen molar-refractivity contribution in [2.24, 2.45) is 11.8 Å².